The molecule has 0 amide bonds. The first-order valence-corrected chi connectivity index (χ1v) is 10.4. The first-order chi connectivity index (χ1) is 14.7. The highest BCUT2D eigenvalue weighted by Crippen LogP contribution is 2.42. The Balaban J connectivity index is 1.59. The molecule has 0 fully saturated rings. The Hall–Kier alpha value is -3.22. The van der Waals surface area contributed by atoms with Crippen LogP contribution in [0.25, 0.3) is 0 Å². The molecular weight excluding hydrogens is 370 g/mol. The number of nitrogens with zero attached hydrogens (tertiary/aromatic N) is 1. The van der Waals surface area contributed by atoms with E-state index >= 15 is 0 Å². The van der Waals surface area contributed by atoms with Gasteiger partial charge in [-0.1, -0.05) is 66.6 Å². The second-order valence-electron chi connectivity index (χ2n) is 7.72. The van der Waals surface area contributed by atoms with Crippen molar-refractivity contribution in [1.29, 1.82) is 0 Å². The fraction of sp³-hybridized carbons (Fsp3) is 0.259. The van der Waals surface area contributed by atoms with Gasteiger partial charge in [0.25, 0.3) is 0 Å². The van der Waals surface area contributed by atoms with E-state index in [0.717, 1.165) is 35.5 Å². The zero-order valence-corrected chi connectivity index (χ0v) is 17.4. The number of rotatable bonds is 8. The average molecular weight is 398 g/mol. The quantitative estimate of drug-likeness (QED) is 0.475. The molecule has 0 spiro atoms. The first-order valence-electron chi connectivity index (χ1n) is 10.4. The summed E-state index contributed by atoms with van der Waals surface area (Å²) in [7, 11) is 2.09. The van der Waals surface area contributed by atoms with Crippen molar-refractivity contribution in [1.82, 2.24) is 4.90 Å². The minimum absolute atomic E-state index is 0.318. The molecule has 0 heterocycles. The van der Waals surface area contributed by atoms with Crippen molar-refractivity contribution in [2.45, 2.75) is 32.1 Å². The van der Waals surface area contributed by atoms with Crippen LogP contribution in [0.3, 0.4) is 0 Å². The minimum atomic E-state index is 0.318. The lowest BCUT2D eigenvalue weighted by atomic mass is 10.1. The number of terminal acetylenes is 1. The van der Waals surface area contributed by atoms with Crippen LogP contribution in [0.2, 0.25) is 0 Å². The largest absolute Gasteiger partial charge is 0.485 e. The van der Waals surface area contributed by atoms with E-state index < -0.39 is 0 Å². The van der Waals surface area contributed by atoms with E-state index in [1.54, 1.807) is 0 Å². The third-order valence-electron chi connectivity index (χ3n) is 5.60. The highest BCUT2D eigenvalue weighted by atomic mass is 16.5. The van der Waals surface area contributed by atoms with Gasteiger partial charge in [-0.15, -0.1) is 6.42 Å². The van der Waals surface area contributed by atoms with Crippen LogP contribution in [-0.4, -0.2) is 18.5 Å². The predicted octanol–water partition coefficient (Wildman–Crippen LogP) is 5.40. The molecule has 0 N–H and O–H groups in total. The number of fused-ring (bicyclic) bond motifs is 1. The summed E-state index contributed by atoms with van der Waals surface area (Å²) in [6.45, 7) is 1.66. The van der Waals surface area contributed by atoms with Crippen molar-refractivity contribution in [2.75, 3.05) is 13.6 Å². The van der Waals surface area contributed by atoms with Crippen LogP contribution < -0.4 is 9.47 Å². The second-order valence-corrected chi connectivity index (χ2v) is 7.72. The van der Waals surface area contributed by atoms with E-state index in [-0.39, 0.29) is 0 Å². The summed E-state index contributed by atoms with van der Waals surface area (Å²) in [5, 5.41) is 0. The van der Waals surface area contributed by atoms with Gasteiger partial charge in [0.15, 0.2) is 11.5 Å². The molecule has 0 aliphatic heterocycles. The molecule has 3 aromatic rings. The molecule has 4 rings (SSSR count). The Kier molecular flexibility index (Phi) is 6.37. The molecule has 1 unspecified atom stereocenters. The average Bonchev–Trinajstić information content (AvgIpc) is 3.20. The molecule has 1 aliphatic carbocycles. The Bertz CT molecular complexity index is 1010. The van der Waals surface area contributed by atoms with Crippen molar-refractivity contribution in [3.05, 3.63) is 95.1 Å². The maximum atomic E-state index is 6.24. The van der Waals surface area contributed by atoms with Crippen molar-refractivity contribution >= 4 is 0 Å². The van der Waals surface area contributed by atoms with E-state index in [4.69, 9.17) is 15.9 Å². The lowest BCUT2D eigenvalue weighted by Gasteiger charge is -2.24. The van der Waals surface area contributed by atoms with Crippen LogP contribution in [0.5, 0.6) is 11.5 Å². The molecule has 0 bridgehead atoms. The molecule has 0 saturated carbocycles. The highest BCUT2D eigenvalue weighted by Gasteiger charge is 2.28. The molecule has 3 heteroatoms. The van der Waals surface area contributed by atoms with Crippen LogP contribution in [0.4, 0.5) is 0 Å². The normalized spacial score (nSPS) is 14.9. The molecule has 1 aliphatic rings. The SMILES string of the molecule is C#CCN(C)C1CCc2cc(OCc3ccccc3)c(OCc3ccccc3)cc21. The van der Waals surface area contributed by atoms with Gasteiger partial charge in [0.1, 0.15) is 13.2 Å². The van der Waals surface area contributed by atoms with E-state index in [1.165, 1.54) is 11.1 Å². The molecule has 30 heavy (non-hydrogen) atoms. The fourth-order valence-electron chi connectivity index (χ4n) is 4.00. The van der Waals surface area contributed by atoms with Crippen LogP contribution in [0, 0.1) is 12.3 Å². The van der Waals surface area contributed by atoms with Gasteiger partial charge in [-0.25, -0.2) is 0 Å². The Morgan fingerprint density at radius 3 is 2.03 bits per heavy atom. The zero-order chi connectivity index (χ0) is 20.8. The van der Waals surface area contributed by atoms with Crippen molar-refractivity contribution in [3.8, 4) is 23.8 Å². The van der Waals surface area contributed by atoms with Gasteiger partial charge in [-0.05, 0) is 54.3 Å². The number of aryl methyl sites for hydroxylation is 1. The van der Waals surface area contributed by atoms with Gasteiger partial charge in [-0.2, -0.15) is 0 Å². The highest BCUT2D eigenvalue weighted by molar-refractivity contribution is 5.50. The molecule has 1 atom stereocenters. The summed E-state index contributed by atoms with van der Waals surface area (Å²) >= 11 is 0. The Morgan fingerprint density at radius 1 is 0.900 bits per heavy atom. The van der Waals surface area contributed by atoms with Crippen LogP contribution in [0.1, 0.15) is 34.7 Å². The summed E-state index contributed by atoms with van der Waals surface area (Å²) in [6, 6.07) is 25.1. The fourth-order valence-corrected chi connectivity index (χ4v) is 4.00. The van der Waals surface area contributed by atoms with Gasteiger partial charge in [0.2, 0.25) is 0 Å². The Labute approximate surface area is 179 Å². The number of ether oxygens (including phenoxy) is 2. The number of benzene rings is 3. The first kappa shape index (κ1) is 20.1. The number of hydrogen-bond acceptors (Lipinski definition) is 3. The van der Waals surface area contributed by atoms with Gasteiger partial charge in [-0.3, -0.25) is 4.90 Å². The van der Waals surface area contributed by atoms with Gasteiger partial charge in [0, 0.05) is 6.04 Å². The maximum Gasteiger partial charge on any atom is 0.162 e. The molecule has 0 aromatic heterocycles. The minimum Gasteiger partial charge on any atom is -0.485 e. The molecular formula is C27H27NO2. The van der Waals surface area contributed by atoms with E-state index in [9.17, 15) is 0 Å². The van der Waals surface area contributed by atoms with Crippen molar-refractivity contribution < 1.29 is 9.47 Å². The zero-order valence-electron chi connectivity index (χ0n) is 17.4. The summed E-state index contributed by atoms with van der Waals surface area (Å²) < 4.78 is 12.5. The van der Waals surface area contributed by atoms with E-state index in [2.05, 4.69) is 54.3 Å². The summed E-state index contributed by atoms with van der Waals surface area (Å²) in [4.78, 5) is 2.23. The monoisotopic (exact) mass is 397 g/mol. The van der Waals surface area contributed by atoms with Crippen LogP contribution in [-0.2, 0) is 19.6 Å². The number of hydrogen-bond donors (Lipinski definition) is 0. The lowest BCUT2D eigenvalue weighted by Crippen LogP contribution is -2.23. The smallest absolute Gasteiger partial charge is 0.162 e. The topological polar surface area (TPSA) is 21.7 Å². The van der Waals surface area contributed by atoms with Crippen molar-refractivity contribution in [3.63, 3.8) is 0 Å². The third kappa shape index (κ3) is 4.67. The van der Waals surface area contributed by atoms with Gasteiger partial charge >= 0.3 is 0 Å². The van der Waals surface area contributed by atoms with E-state index in [0.29, 0.717) is 25.8 Å². The van der Waals surface area contributed by atoms with Gasteiger partial charge in [0.05, 0.1) is 6.54 Å². The lowest BCUT2D eigenvalue weighted by molar-refractivity contribution is 0.252. The van der Waals surface area contributed by atoms with E-state index in [1.807, 2.05) is 36.4 Å². The Morgan fingerprint density at radius 2 is 1.47 bits per heavy atom. The summed E-state index contributed by atoms with van der Waals surface area (Å²) in [6.07, 6.45) is 7.63. The molecule has 3 nitrogen and oxygen atoms in total. The van der Waals surface area contributed by atoms with Crippen LogP contribution in [0.15, 0.2) is 72.8 Å². The maximum absolute atomic E-state index is 6.24. The summed E-state index contributed by atoms with van der Waals surface area (Å²) in [5.74, 6) is 4.34. The summed E-state index contributed by atoms with van der Waals surface area (Å²) in [5.41, 5.74) is 4.88. The standard InChI is InChI=1S/C27H27NO2/c1-3-16-28(2)25-15-14-23-17-26(29-19-21-10-6-4-7-11-21)27(18-24(23)25)30-20-22-12-8-5-9-13-22/h1,4-13,17-18,25H,14-16,19-20H2,2H3. The second kappa shape index (κ2) is 9.52. The molecule has 3 aromatic carbocycles. The van der Waals surface area contributed by atoms with Crippen molar-refractivity contribution in [2.24, 2.45) is 0 Å². The predicted molar refractivity (Wildman–Crippen MR) is 121 cm³/mol. The molecule has 152 valence electrons. The molecule has 0 saturated heterocycles. The van der Waals surface area contributed by atoms with Crippen LogP contribution >= 0.6 is 0 Å². The molecule has 0 radical (unpaired) electrons. The van der Waals surface area contributed by atoms with Gasteiger partial charge < -0.3 is 9.47 Å². The third-order valence-corrected chi connectivity index (χ3v) is 5.60.